The van der Waals surface area contributed by atoms with Gasteiger partial charge in [-0.05, 0) is 17.7 Å². The van der Waals surface area contributed by atoms with Crippen LogP contribution in [-0.4, -0.2) is 48.4 Å². The van der Waals surface area contributed by atoms with E-state index in [0.717, 1.165) is 5.56 Å². The van der Waals surface area contributed by atoms with E-state index in [9.17, 15) is 14.0 Å². The van der Waals surface area contributed by atoms with Crippen molar-refractivity contribution in [3.63, 3.8) is 0 Å². The van der Waals surface area contributed by atoms with E-state index in [-0.39, 0.29) is 36.8 Å². The standard InChI is InChI=1S/C19H18FN3O4/c20-17-15(22-8-10-23(11-9-22)19(25)26)6-7-16(18(17)21-13-24)27-12-14-4-2-1-3-5-14/h1-7H,8-12H2,(H,25,26). The summed E-state index contributed by atoms with van der Waals surface area (Å²) in [6.07, 6.45) is 0.372. The number of carboxylic acid groups (broad SMARTS) is 1. The molecule has 3 rings (SSSR count). The molecule has 8 heteroatoms. The summed E-state index contributed by atoms with van der Waals surface area (Å²) in [5, 5.41) is 9.01. The summed E-state index contributed by atoms with van der Waals surface area (Å²) < 4.78 is 20.6. The van der Waals surface area contributed by atoms with Gasteiger partial charge < -0.3 is 19.6 Å². The summed E-state index contributed by atoms with van der Waals surface area (Å²) in [6.45, 7) is 1.44. The lowest BCUT2D eigenvalue weighted by Crippen LogP contribution is -2.48. The van der Waals surface area contributed by atoms with Gasteiger partial charge in [-0.3, -0.25) is 0 Å². The number of carbonyl (C=O) groups is 1. The zero-order valence-corrected chi connectivity index (χ0v) is 14.5. The zero-order valence-electron chi connectivity index (χ0n) is 14.5. The first-order valence-corrected chi connectivity index (χ1v) is 8.40. The van der Waals surface area contributed by atoms with Gasteiger partial charge in [0.25, 0.3) is 0 Å². The normalized spacial score (nSPS) is 13.8. The fourth-order valence-corrected chi connectivity index (χ4v) is 2.92. The minimum atomic E-state index is -0.994. The molecule has 1 heterocycles. The number of ether oxygens (including phenoxy) is 1. The first kappa shape index (κ1) is 18.4. The van der Waals surface area contributed by atoms with Crippen LogP contribution in [-0.2, 0) is 11.4 Å². The highest BCUT2D eigenvalue weighted by atomic mass is 19.1. The number of rotatable bonds is 5. The highest BCUT2D eigenvalue weighted by Crippen LogP contribution is 2.37. The molecule has 1 aliphatic heterocycles. The second-order valence-electron chi connectivity index (χ2n) is 5.98. The number of halogens is 1. The van der Waals surface area contributed by atoms with E-state index in [0.29, 0.717) is 13.1 Å². The molecule has 140 valence electrons. The maximum Gasteiger partial charge on any atom is 0.407 e. The third-order valence-electron chi connectivity index (χ3n) is 4.34. The zero-order chi connectivity index (χ0) is 19.2. The number of anilines is 1. The van der Waals surface area contributed by atoms with Crippen LogP contribution in [0.1, 0.15) is 5.56 Å². The van der Waals surface area contributed by atoms with Gasteiger partial charge in [0, 0.05) is 26.2 Å². The Hall–Kier alpha value is -3.38. The molecule has 1 N–H and O–H groups in total. The molecule has 27 heavy (non-hydrogen) atoms. The van der Waals surface area contributed by atoms with Crippen LogP contribution in [0.2, 0.25) is 0 Å². The highest BCUT2D eigenvalue weighted by Gasteiger charge is 2.24. The van der Waals surface area contributed by atoms with Gasteiger partial charge in [-0.25, -0.2) is 14.0 Å². The van der Waals surface area contributed by atoms with Crippen LogP contribution in [0.4, 0.5) is 20.6 Å². The Bertz CT molecular complexity index is 861. The van der Waals surface area contributed by atoms with Gasteiger partial charge in [0.15, 0.2) is 11.5 Å². The van der Waals surface area contributed by atoms with E-state index in [2.05, 4.69) is 4.99 Å². The van der Waals surface area contributed by atoms with Gasteiger partial charge in [-0.2, -0.15) is 4.99 Å². The number of piperazine rings is 1. The molecule has 0 atom stereocenters. The Kier molecular flexibility index (Phi) is 5.68. The lowest BCUT2D eigenvalue weighted by molar-refractivity contribution is 0.142. The SMILES string of the molecule is O=C=Nc1c(OCc2ccccc2)ccc(N2CCN(C(=O)O)CC2)c1F. The molecule has 1 saturated heterocycles. The van der Waals surface area contributed by atoms with E-state index in [1.807, 2.05) is 30.3 Å². The Labute approximate surface area is 155 Å². The molecule has 0 saturated carbocycles. The minimum Gasteiger partial charge on any atom is -0.486 e. The van der Waals surface area contributed by atoms with E-state index in [1.165, 1.54) is 11.0 Å². The molecule has 0 unspecified atom stereocenters. The van der Waals surface area contributed by atoms with E-state index >= 15 is 0 Å². The van der Waals surface area contributed by atoms with Crippen LogP contribution in [0.25, 0.3) is 0 Å². The first-order valence-electron chi connectivity index (χ1n) is 8.40. The number of carbonyl (C=O) groups excluding carboxylic acids is 1. The molecule has 0 aromatic heterocycles. The molecule has 1 amide bonds. The van der Waals surface area contributed by atoms with Crippen LogP contribution in [0.15, 0.2) is 47.5 Å². The number of benzene rings is 2. The number of aliphatic imine (C=N–C) groups is 1. The molecular weight excluding hydrogens is 353 g/mol. The van der Waals surface area contributed by atoms with Gasteiger partial charge >= 0.3 is 6.09 Å². The lowest BCUT2D eigenvalue weighted by Gasteiger charge is -2.34. The molecule has 0 bridgehead atoms. The topological polar surface area (TPSA) is 82.4 Å². The van der Waals surface area contributed by atoms with Crippen LogP contribution in [0, 0.1) is 5.82 Å². The average molecular weight is 371 g/mol. The van der Waals surface area contributed by atoms with Crippen molar-refractivity contribution in [2.75, 3.05) is 31.1 Å². The quantitative estimate of drug-likeness (QED) is 0.645. The van der Waals surface area contributed by atoms with Crippen molar-refractivity contribution in [1.82, 2.24) is 4.90 Å². The Morgan fingerprint density at radius 3 is 2.48 bits per heavy atom. The van der Waals surface area contributed by atoms with Crippen LogP contribution >= 0.6 is 0 Å². The molecule has 1 fully saturated rings. The van der Waals surface area contributed by atoms with E-state index in [1.54, 1.807) is 17.0 Å². The average Bonchev–Trinajstić information content (AvgIpc) is 2.69. The second kappa shape index (κ2) is 8.33. The number of hydrogen-bond donors (Lipinski definition) is 1. The first-order chi connectivity index (χ1) is 13.1. The Balaban J connectivity index is 1.80. The van der Waals surface area contributed by atoms with E-state index < -0.39 is 11.9 Å². The third-order valence-corrected chi connectivity index (χ3v) is 4.34. The summed E-state index contributed by atoms with van der Waals surface area (Å²) in [7, 11) is 0. The smallest absolute Gasteiger partial charge is 0.407 e. The predicted molar refractivity (Wildman–Crippen MR) is 96.8 cm³/mol. The number of hydrogen-bond acceptors (Lipinski definition) is 5. The molecule has 2 aromatic rings. The van der Waals surface area contributed by atoms with Crippen molar-refractivity contribution in [3.8, 4) is 5.75 Å². The van der Waals surface area contributed by atoms with Gasteiger partial charge in [0.1, 0.15) is 12.4 Å². The molecule has 0 aliphatic carbocycles. The monoisotopic (exact) mass is 371 g/mol. The molecule has 7 nitrogen and oxygen atoms in total. The molecule has 2 aromatic carbocycles. The van der Waals surface area contributed by atoms with Crippen molar-refractivity contribution < 1.29 is 23.8 Å². The van der Waals surface area contributed by atoms with E-state index in [4.69, 9.17) is 9.84 Å². The summed E-state index contributed by atoms with van der Waals surface area (Å²) in [4.78, 5) is 28.2. The van der Waals surface area contributed by atoms with Crippen molar-refractivity contribution >= 4 is 23.5 Å². The molecule has 0 radical (unpaired) electrons. The third kappa shape index (κ3) is 4.24. The largest absolute Gasteiger partial charge is 0.486 e. The second-order valence-corrected chi connectivity index (χ2v) is 5.98. The fourth-order valence-electron chi connectivity index (χ4n) is 2.92. The van der Waals surface area contributed by atoms with Crippen LogP contribution in [0.5, 0.6) is 5.75 Å². The van der Waals surface area contributed by atoms with Crippen molar-refractivity contribution in [2.45, 2.75) is 6.61 Å². The van der Waals surface area contributed by atoms with Crippen molar-refractivity contribution in [3.05, 3.63) is 53.8 Å². The molecule has 1 aliphatic rings. The predicted octanol–water partition coefficient (Wildman–Crippen LogP) is 3.17. The highest BCUT2D eigenvalue weighted by molar-refractivity contribution is 5.68. The van der Waals surface area contributed by atoms with Gasteiger partial charge in [-0.15, -0.1) is 0 Å². The lowest BCUT2D eigenvalue weighted by atomic mass is 10.2. The van der Waals surface area contributed by atoms with Crippen molar-refractivity contribution in [2.24, 2.45) is 4.99 Å². The fraction of sp³-hybridized carbons (Fsp3) is 0.263. The minimum absolute atomic E-state index is 0.146. The van der Waals surface area contributed by atoms with Gasteiger partial charge in [0.05, 0.1) is 5.69 Å². The van der Waals surface area contributed by atoms with Crippen molar-refractivity contribution in [1.29, 1.82) is 0 Å². The van der Waals surface area contributed by atoms with Gasteiger partial charge in [-0.1, -0.05) is 30.3 Å². The number of amides is 1. The molecular formula is C19H18FN3O4. The molecule has 0 spiro atoms. The maximum atomic E-state index is 15.0. The number of nitrogens with zero attached hydrogens (tertiary/aromatic N) is 3. The van der Waals surface area contributed by atoms with Gasteiger partial charge in [0.2, 0.25) is 6.08 Å². The Morgan fingerprint density at radius 2 is 1.85 bits per heavy atom. The summed E-state index contributed by atoms with van der Waals surface area (Å²) >= 11 is 0. The van der Waals surface area contributed by atoms with Crippen LogP contribution < -0.4 is 9.64 Å². The summed E-state index contributed by atoms with van der Waals surface area (Å²) in [6, 6.07) is 12.5. The summed E-state index contributed by atoms with van der Waals surface area (Å²) in [5.41, 5.74) is 0.938. The Morgan fingerprint density at radius 1 is 1.15 bits per heavy atom. The number of isocyanates is 1. The maximum absolute atomic E-state index is 15.0. The summed E-state index contributed by atoms with van der Waals surface area (Å²) in [5.74, 6) is -0.541. The van der Waals surface area contributed by atoms with Crippen LogP contribution in [0.3, 0.4) is 0 Å².